The van der Waals surface area contributed by atoms with Gasteiger partial charge in [-0.25, -0.2) is 0 Å². The number of hydrogen-bond donors (Lipinski definition) is 1. The molecule has 1 aromatic heterocycles. The first-order chi connectivity index (χ1) is 9.88. The topological polar surface area (TPSA) is 51.0 Å². The maximum atomic E-state index is 5.49. The van der Waals surface area contributed by atoms with Gasteiger partial charge in [0, 0.05) is 18.7 Å². The second-order valence-electron chi connectivity index (χ2n) is 5.44. The van der Waals surface area contributed by atoms with E-state index in [1.165, 1.54) is 38.5 Å². The van der Waals surface area contributed by atoms with Gasteiger partial charge in [0.2, 0.25) is 0 Å². The Morgan fingerprint density at radius 1 is 1.10 bits per heavy atom. The van der Waals surface area contributed by atoms with Gasteiger partial charge in [-0.2, -0.15) is 4.98 Å². The average Bonchev–Trinajstić information content (AvgIpc) is 2.82. The van der Waals surface area contributed by atoms with Gasteiger partial charge in [0.05, 0.1) is 5.56 Å². The summed E-state index contributed by atoms with van der Waals surface area (Å²) < 4.78 is 5.49. The first-order valence-electron chi connectivity index (χ1n) is 7.49. The summed E-state index contributed by atoms with van der Waals surface area (Å²) in [6.45, 7) is 0. The zero-order chi connectivity index (χ0) is 13.8. The van der Waals surface area contributed by atoms with E-state index in [-0.39, 0.29) is 0 Å². The normalized spacial score (nSPS) is 16.9. The van der Waals surface area contributed by atoms with E-state index in [1.807, 2.05) is 31.3 Å². The Balaban J connectivity index is 1.85. The third kappa shape index (κ3) is 2.69. The Morgan fingerprint density at radius 2 is 1.85 bits per heavy atom. The van der Waals surface area contributed by atoms with Crippen molar-refractivity contribution >= 4 is 5.69 Å². The largest absolute Gasteiger partial charge is 0.387 e. The molecule has 1 heterocycles. The van der Waals surface area contributed by atoms with Crippen LogP contribution in [0.1, 0.15) is 50.3 Å². The van der Waals surface area contributed by atoms with Crippen molar-refractivity contribution in [3.8, 4) is 11.5 Å². The maximum Gasteiger partial charge on any atom is 0.260 e. The van der Waals surface area contributed by atoms with Gasteiger partial charge in [0.1, 0.15) is 0 Å². The number of nitrogens with zero attached hydrogens (tertiary/aromatic N) is 2. The quantitative estimate of drug-likeness (QED) is 0.849. The SMILES string of the molecule is CNc1ccccc1-c1nc(C2CCCCCC2)no1. The summed E-state index contributed by atoms with van der Waals surface area (Å²) in [5, 5.41) is 7.38. The Hall–Kier alpha value is -1.84. The summed E-state index contributed by atoms with van der Waals surface area (Å²) in [5.41, 5.74) is 1.99. The van der Waals surface area contributed by atoms with Crippen LogP contribution in [0.4, 0.5) is 5.69 Å². The third-order valence-electron chi connectivity index (χ3n) is 4.09. The lowest BCUT2D eigenvalue weighted by Gasteiger charge is -2.07. The summed E-state index contributed by atoms with van der Waals surface area (Å²) in [6.07, 6.45) is 7.61. The van der Waals surface area contributed by atoms with Crippen molar-refractivity contribution in [2.24, 2.45) is 0 Å². The van der Waals surface area contributed by atoms with Gasteiger partial charge in [-0.1, -0.05) is 43.0 Å². The van der Waals surface area contributed by atoms with E-state index in [0.717, 1.165) is 17.1 Å². The number of nitrogens with one attached hydrogen (secondary N) is 1. The van der Waals surface area contributed by atoms with Crippen LogP contribution in [0.3, 0.4) is 0 Å². The molecule has 0 aliphatic heterocycles. The van der Waals surface area contributed by atoms with Gasteiger partial charge in [-0.3, -0.25) is 0 Å². The van der Waals surface area contributed by atoms with E-state index in [0.29, 0.717) is 11.8 Å². The Bertz CT molecular complexity index is 556. The molecule has 4 nitrogen and oxygen atoms in total. The number of anilines is 1. The lowest BCUT2D eigenvalue weighted by molar-refractivity contribution is 0.410. The molecule has 20 heavy (non-hydrogen) atoms. The number of benzene rings is 1. The van der Waals surface area contributed by atoms with Gasteiger partial charge >= 0.3 is 0 Å². The number of rotatable bonds is 3. The summed E-state index contributed by atoms with van der Waals surface area (Å²) in [7, 11) is 1.90. The molecule has 1 aromatic carbocycles. The van der Waals surface area contributed by atoms with Gasteiger partial charge in [-0.15, -0.1) is 0 Å². The lowest BCUT2D eigenvalue weighted by Crippen LogP contribution is -1.99. The van der Waals surface area contributed by atoms with Crippen molar-refractivity contribution < 1.29 is 4.52 Å². The molecule has 2 aromatic rings. The number of hydrogen-bond acceptors (Lipinski definition) is 4. The fraction of sp³-hybridized carbons (Fsp3) is 0.500. The van der Waals surface area contributed by atoms with Gasteiger partial charge in [0.25, 0.3) is 5.89 Å². The average molecular weight is 271 g/mol. The van der Waals surface area contributed by atoms with Crippen molar-refractivity contribution in [1.29, 1.82) is 0 Å². The van der Waals surface area contributed by atoms with Crippen LogP contribution in [0, 0.1) is 0 Å². The molecule has 1 N–H and O–H groups in total. The van der Waals surface area contributed by atoms with E-state index < -0.39 is 0 Å². The smallest absolute Gasteiger partial charge is 0.260 e. The van der Waals surface area contributed by atoms with Crippen LogP contribution < -0.4 is 5.32 Å². The van der Waals surface area contributed by atoms with E-state index in [9.17, 15) is 0 Å². The van der Waals surface area contributed by atoms with Crippen LogP contribution in [-0.4, -0.2) is 17.2 Å². The second-order valence-corrected chi connectivity index (χ2v) is 5.44. The molecule has 0 atom stereocenters. The predicted octanol–water partition coefficient (Wildman–Crippen LogP) is 4.22. The van der Waals surface area contributed by atoms with Crippen molar-refractivity contribution in [2.75, 3.05) is 12.4 Å². The van der Waals surface area contributed by atoms with Crippen molar-refractivity contribution in [1.82, 2.24) is 10.1 Å². The minimum Gasteiger partial charge on any atom is -0.387 e. The molecule has 1 aliphatic carbocycles. The molecule has 4 heteroatoms. The Kier molecular flexibility index (Phi) is 4.00. The Morgan fingerprint density at radius 3 is 2.60 bits per heavy atom. The highest BCUT2D eigenvalue weighted by atomic mass is 16.5. The van der Waals surface area contributed by atoms with Crippen LogP contribution >= 0.6 is 0 Å². The van der Waals surface area contributed by atoms with Crippen molar-refractivity contribution in [3.05, 3.63) is 30.1 Å². The maximum absolute atomic E-state index is 5.49. The fourth-order valence-corrected chi connectivity index (χ4v) is 2.94. The molecule has 0 spiro atoms. The summed E-state index contributed by atoms with van der Waals surface area (Å²) in [5.74, 6) is 1.97. The van der Waals surface area contributed by atoms with Crippen LogP contribution in [0.15, 0.2) is 28.8 Å². The molecule has 1 fully saturated rings. The monoisotopic (exact) mass is 271 g/mol. The van der Waals surface area contributed by atoms with Crippen LogP contribution in [0.2, 0.25) is 0 Å². The first kappa shape index (κ1) is 13.2. The fourth-order valence-electron chi connectivity index (χ4n) is 2.94. The van der Waals surface area contributed by atoms with Crippen molar-refractivity contribution in [3.63, 3.8) is 0 Å². The van der Waals surface area contributed by atoms with E-state index in [4.69, 9.17) is 4.52 Å². The third-order valence-corrected chi connectivity index (χ3v) is 4.09. The van der Waals surface area contributed by atoms with Crippen LogP contribution in [-0.2, 0) is 0 Å². The number of aromatic nitrogens is 2. The van der Waals surface area contributed by atoms with Gasteiger partial charge in [-0.05, 0) is 25.0 Å². The lowest BCUT2D eigenvalue weighted by atomic mass is 10.00. The first-order valence-corrected chi connectivity index (χ1v) is 7.49. The molecular formula is C16H21N3O. The minimum atomic E-state index is 0.469. The van der Waals surface area contributed by atoms with Gasteiger partial charge < -0.3 is 9.84 Å². The van der Waals surface area contributed by atoms with E-state index in [2.05, 4.69) is 15.5 Å². The number of para-hydroxylation sites is 1. The molecule has 0 amide bonds. The molecule has 1 saturated carbocycles. The van der Waals surface area contributed by atoms with Crippen molar-refractivity contribution in [2.45, 2.75) is 44.4 Å². The van der Waals surface area contributed by atoms with E-state index in [1.54, 1.807) is 0 Å². The molecule has 0 bridgehead atoms. The van der Waals surface area contributed by atoms with Crippen LogP contribution in [0.5, 0.6) is 0 Å². The standard InChI is InChI=1S/C16H21N3O/c1-17-14-11-7-6-10-13(14)16-18-15(19-20-16)12-8-4-2-3-5-9-12/h6-7,10-12,17H,2-5,8-9H2,1H3. The van der Waals surface area contributed by atoms with Crippen LogP contribution in [0.25, 0.3) is 11.5 Å². The molecule has 0 unspecified atom stereocenters. The molecule has 3 rings (SSSR count). The molecular weight excluding hydrogens is 250 g/mol. The zero-order valence-corrected chi connectivity index (χ0v) is 11.9. The summed E-state index contributed by atoms with van der Waals surface area (Å²) in [4.78, 5) is 4.64. The molecule has 0 radical (unpaired) electrons. The molecule has 106 valence electrons. The summed E-state index contributed by atoms with van der Waals surface area (Å²) in [6, 6.07) is 8.02. The van der Waals surface area contributed by atoms with Gasteiger partial charge in [0.15, 0.2) is 5.82 Å². The second kappa shape index (κ2) is 6.07. The highest BCUT2D eigenvalue weighted by Crippen LogP contribution is 2.32. The predicted molar refractivity (Wildman–Crippen MR) is 79.7 cm³/mol. The highest BCUT2D eigenvalue weighted by Gasteiger charge is 2.21. The van der Waals surface area contributed by atoms with E-state index >= 15 is 0 Å². The highest BCUT2D eigenvalue weighted by molar-refractivity contribution is 5.72. The minimum absolute atomic E-state index is 0.469. The molecule has 1 aliphatic rings. The molecule has 0 saturated heterocycles. The summed E-state index contributed by atoms with van der Waals surface area (Å²) >= 11 is 0. The zero-order valence-electron chi connectivity index (χ0n) is 11.9. The Labute approximate surface area is 119 Å².